The first-order valence-electron chi connectivity index (χ1n) is 33.9. The monoisotopic (exact) mass is 1320 g/mol. The topological polar surface area (TPSA) is 201 Å². The van der Waals surface area contributed by atoms with Crippen LogP contribution in [0.25, 0.3) is 22.6 Å². The summed E-state index contributed by atoms with van der Waals surface area (Å²) in [6, 6.07) is 13.4. The maximum absolute atomic E-state index is 12.7. The van der Waals surface area contributed by atoms with Gasteiger partial charge in [-0.3, -0.25) is 18.2 Å². The minimum Gasteiger partial charge on any atom is -0.790 e. The maximum Gasteiger partial charge on any atom is 0.272 e. The second-order valence-electron chi connectivity index (χ2n) is 23.9. The third-order valence-electron chi connectivity index (χ3n) is 16.5. The molecule has 3 rings (SSSR count). The van der Waals surface area contributed by atoms with Gasteiger partial charge in [-0.1, -0.05) is 176 Å². The van der Waals surface area contributed by atoms with Gasteiger partial charge in [0.25, 0.3) is 13.7 Å². The Labute approximate surface area is 539 Å². The molecule has 0 radical (unpaired) electrons. The normalized spacial score (nSPS) is 12.7. The number of phosphoric ester groups is 1. The molecule has 498 valence electrons. The number of unbranched alkanes of at least 4 members (excludes halogenated alkanes) is 12. The van der Waals surface area contributed by atoms with E-state index in [-0.39, 0.29) is 16.7 Å². The summed E-state index contributed by atoms with van der Waals surface area (Å²) >= 11 is 3.32. The van der Waals surface area contributed by atoms with Gasteiger partial charge in [0.1, 0.15) is 12.4 Å². The first-order chi connectivity index (χ1) is 41.6. The Hall–Kier alpha value is -3.21. The quantitative estimate of drug-likeness (QED) is 0.0296. The molecule has 0 aliphatic heterocycles. The largest absolute Gasteiger partial charge is 0.790 e. The fourth-order valence-electron chi connectivity index (χ4n) is 11.2. The molecule has 1 unspecified atom stereocenters. The van der Waals surface area contributed by atoms with Crippen LogP contribution in [0.4, 0.5) is 0 Å². The number of ether oxygens (including phenoxy) is 1. The van der Waals surface area contributed by atoms with Crippen molar-refractivity contribution in [1.29, 1.82) is 10.5 Å². The number of carbonyl (C=O) groups is 1. The van der Waals surface area contributed by atoms with Crippen LogP contribution in [0.2, 0.25) is 0 Å². The Morgan fingerprint density at radius 1 is 0.552 bits per heavy atom. The number of carbonyl (C=O) groups excluding carboxylic acids is 1. The summed E-state index contributed by atoms with van der Waals surface area (Å²) in [5.41, 5.74) is 1.36. The number of allylic oxidation sites excluding steroid dienone is 1. The van der Waals surface area contributed by atoms with Crippen molar-refractivity contribution in [2.75, 3.05) is 92.3 Å². The molecule has 18 heteroatoms. The molecule has 0 spiro atoms. The molecule has 2 aromatic carbocycles. The van der Waals surface area contributed by atoms with Gasteiger partial charge in [0.05, 0.1) is 122 Å². The van der Waals surface area contributed by atoms with Crippen molar-refractivity contribution >= 4 is 60.0 Å². The van der Waals surface area contributed by atoms with Crippen molar-refractivity contribution in [3.63, 3.8) is 0 Å². The first-order valence-corrected chi connectivity index (χ1v) is 37.6. The fraction of sp³-hybridized carbons (Fsp3) is 0.725. The molecule has 0 aliphatic carbocycles. The summed E-state index contributed by atoms with van der Waals surface area (Å²) < 4.78 is 40.8. The summed E-state index contributed by atoms with van der Waals surface area (Å²) in [6.07, 6.45) is 35.9. The zero-order chi connectivity index (χ0) is 65.6. The van der Waals surface area contributed by atoms with E-state index in [9.17, 15) is 39.1 Å². The molecule has 1 atom stereocenters. The highest BCUT2D eigenvalue weighted by molar-refractivity contribution is 9.10. The number of rotatable bonds is 44. The van der Waals surface area contributed by atoms with E-state index in [2.05, 4.69) is 108 Å². The van der Waals surface area contributed by atoms with Gasteiger partial charge in [-0.05, 0) is 120 Å². The molecule has 3 aromatic rings. The molecule has 0 bridgehead atoms. The lowest BCUT2D eigenvalue weighted by atomic mass is 10.0. The molecule has 15 nitrogen and oxygen atoms in total. The SMILES string of the molecule is CCCC[N+](CCCC)(CCCC)CCCC.CCCC[N+](CCCC)(CCCC)CCCC.CCCC[N+](CCCC)(CCCC)CCCC.COc1ccc(C#N)cc1/C=C(\C#N)c1cn(C(=O)COP(=O)([O-])OP(=O)([O-])[O-])c2ccc(Br)cc12. The highest BCUT2D eigenvalue weighted by Crippen LogP contribution is 2.50. The molecule has 0 amide bonds. The molecular formula is C69H121BrN6O9P2. The van der Waals surface area contributed by atoms with Crippen molar-refractivity contribution in [2.24, 2.45) is 0 Å². The van der Waals surface area contributed by atoms with E-state index in [4.69, 9.17) is 4.74 Å². The van der Waals surface area contributed by atoms with Crippen LogP contribution in [-0.4, -0.2) is 116 Å². The van der Waals surface area contributed by atoms with Crippen LogP contribution in [0, 0.1) is 22.7 Å². The lowest BCUT2D eigenvalue weighted by molar-refractivity contribution is -0.929. The zero-order valence-corrected chi connectivity index (χ0v) is 60.3. The number of benzene rings is 2. The predicted molar refractivity (Wildman–Crippen MR) is 362 cm³/mol. The standard InChI is InChI=1S/C21H16BrN3O9P2.3C16H36N/c1-32-20-5-2-13(9-23)6-14(20)7-15(10-24)18-11-25(19-4-3-16(22)8-17(18)19)21(26)12-33-36(30,31)34-35(27,28)29;3*1-5-9-13-17(14-10-6-2,15-11-7-3)16-12-8-4/h2-8,11H,12H2,1H3,(H,30,31)(H2,27,28,29);3*5-16H2,1-4H3/q;3*+1/p-3/b15-7+;;;. The van der Waals surface area contributed by atoms with Crippen LogP contribution >= 0.6 is 31.6 Å². The number of methoxy groups -OCH3 is 1. The number of phosphoric acid groups is 2. The Bertz CT molecular complexity index is 2320. The van der Waals surface area contributed by atoms with Gasteiger partial charge >= 0.3 is 0 Å². The highest BCUT2D eigenvalue weighted by atomic mass is 79.9. The lowest BCUT2D eigenvalue weighted by Crippen LogP contribution is -2.50. The molecule has 0 saturated heterocycles. The summed E-state index contributed by atoms with van der Waals surface area (Å²) in [6.45, 7) is 43.9. The summed E-state index contributed by atoms with van der Waals surface area (Å²) in [5, 5.41) is 19.5. The fourth-order valence-corrected chi connectivity index (χ4v) is 12.9. The van der Waals surface area contributed by atoms with E-state index >= 15 is 0 Å². The molecule has 0 saturated carbocycles. The van der Waals surface area contributed by atoms with Crippen molar-refractivity contribution in [1.82, 2.24) is 4.57 Å². The molecule has 87 heavy (non-hydrogen) atoms. The smallest absolute Gasteiger partial charge is 0.272 e. The minimum absolute atomic E-state index is 0.0791. The molecule has 0 aliphatic rings. The molecule has 1 heterocycles. The van der Waals surface area contributed by atoms with E-state index < -0.39 is 28.2 Å². The van der Waals surface area contributed by atoms with E-state index in [1.807, 2.05) is 12.1 Å². The first kappa shape index (κ1) is 83.8. The van der Waals surface area contributed by atoms with Crippen LogP contribution in [0.3, 0.4) is 0 Å². The number of nitriles is 2. The second-order valence-corrected chi connectivity index (χ2v) is 27.5. The summed E-state index contributed by atoms with van der Waals surface area (Å²) in [4.78, 5) is 45.4. The second kappa shape index (κ2) is 48.6. The van der Waals surface area contributed by atoms with Crippen LogP contribution in [-0.2, 0) is 18.0 Å². The molecule has 0 fully saturated rings. The number of hydrogen-bond donors (Lipinski definition) is 0. The van der Waals surface area contributed by atoms with Gasteiger partial charge in [0.2, 0.25) is 0 Å². The molecular weight excluding hydrogens is 1200 g/mol. The Morgan fingerprint density at radius 3 is 1.18 bits per heavy atom. The van der Waals surface area contributed by atoms with Gasteiger partial charge in [0.15, 0.2) is 0 Å². The average Bonchev–Trinajstić information content (AvgIpc) is 1.94. The van der Waals surface area contributed by atoms with Gasteiger partial charge < -0.3 is 42.0 Å². The number of fused-ring (bicyclic) bond motifs is 1. The van der Waals surface area contributed by atoms with E-state index in [1.165, 1.54) is 278 Å². The van der Waals surface area contributed by atoms with Gasteiger partial charge in [-0.2, -0.15) is 10.5 Å². The summed E-state index contributed by atoms with van der Waals surface area (Å²) in [5.74, 6) is -0.586. The van der Waals surface area contributed by atoms with Crippen molar-refractivity contribution in [2.45, 2.75) is 237 Å². The number of quaternary nitrogens is 3. The van der Waals surface area contributed by atoms with Crippen LogP contribution < -0.4 is 19.4 Å². The number of nitrogens with zero attached hydrogens (tertiary/aromatic N) is 6. The molecule has 0 N–H and O–H groups in total. The maximum atomic E-state index is 12.7. The molecule has 1 aromatic heterocycles. The Kier molecular flexibility index (Phi) is 46.8. The highest BCUT2D eigenvalue weighted by Gasteiger charge is 2.28. The van der Waals surface area contributed by atoms with Crippen LogP contribution in [0.5, 0.6) is 5.75 Å². The van der Waals surface area contributed by atoms with Crippen molar-refractivity contribution < 1.29 is 55.6 Å². The van der Waals surface area contributed by atoms with Crippen LogP contribution in [0.15, 0.2) is 47.1 Å². The van der Waals surface area contributed by atoms with Gasteiger partial charge in [-0.25, -0.2) is 0 Å². The third-order valence-corrected chi connectivity index (χ3v) is 19.0. The summed E-state index contributed by atoms with van der Waals surface area (Å²) in [7, 11) is -10.1. The van der Waals surface area contributed by atoms with Gasteiger partial charge in [0, 0.05) is 27.2 Å². The van der Waals surface area contributed by atoms with Crippen molar-refractivity contribution in [3.05, 3.63) is 63.8 Å². The van der Waals surface area contributed by atoms with E-state index in [1.54, 1.807) is 24.3 Å². The van der Waals surface area contributed by atoms with E-state index in [0.29, 0.717) is 26.7 Å². The van der Waals surface area contributed by atoms with E-state index in [0.717, 1.165) is 4.57 Å². The average molecular weight is 1320 g/mol. The lowest BCUT2D eigenvalue weighted by Gasteiger charge is -2.39. The van der Waals surface area contributed by atoms with Crippen LogP contribution in [0.1, 0.15) is 259 Å². The minimum atomic E-state index is -5.92. The Morgan fingerprint density at radius 2 is 0.897 bits per heavy atom. The van der Waals surface area contributed by atoms with Gasteiger partial charge in [-0.15, -0.1) is 0 Å². The Balaban J connectivity index is 0.00000123. The third kappa shape index (κ3) is 34.7. The number of halogens is 1. The predicted octanol–water partition coefficient (Wildman–Crippen LogP) is 17.3. The number of aromatic nitrogens is 1. The zero-order valence-electron chi connectivity index (χ0n) is 56.9. The van der Waals surface area contributed by atoms with Crippen molar-refractivity contribution in [3.8, 4) is 17.9 Å². The number of hydrogen-bond acceptors (Lipinski definition) is 11.